The first kappa shape index (κ1) is 17.7. The number of nitrogens with one attached hydrogen (secondary N) is 1. The van der Waals surface area contributed by atoms with E-state index in [9.17, 15) is 18.8 Å². The number of thioether (sulfide) groups is 1. The highest BCUT2D eigenvalue weighted by atomic mass is 32.2. The molecule has 0 bridgehead atoms. The zero-order valence-electron chi connectivity index (χ0n) is 14.6. The molecule has 1 aromatic carbocycles. The van der Waals surface area contributed by atoms with Crippen LogP contribution in [0.15, 0.2) is 34.1 Å². The Morgan fingerprint density at radius 1 is 1.37 bits per heavy atom. The molecule has 0 radical (unpaired) electrons. The van der Waals surface area contributed by atoms with E-state index in [1.54, 1.807) is 24.0 Å². The van der Waals surface area contributed by atoms with Gasteiger partial charge in [-0.1, -0.05) is 6.07 Å². The lowest BCUT2D eigenvalue weighted by atomic mass is 10.2. The molecule has 2 aromatic rings. The molecule has 1 aliphatic carbocycles. The largest absolute Gasteiger partial charge is 0.324 e. The molecule has 27 heavy (non-hydrogen) atoms. The van der Waals surface area contributed by atoms with Crippen molar-refractivity contribution in [2.24, 2.45) is 0 Å². The van der Waals surface area contributed by atoms with Crippen LogP contribution >= 0.6 is 11.8 Å². The van der Waals surface area contributed by atoms with Crippen LogP contribution in [0.3, 0.4) is 0 Å². The molecular formula is C18H17FN4O3S. The van der Waals surface area contributed by atoms with E-state index in [1.807, 2.05) is 0 Å². The number of benzene rings is 1. The number of rotatable bonds is 4. The standard InChI is InChI=1S/C18H17FN4O3S/c1-10-2-3-11(6-13(10)19)21-15(24)8-22-18(26)17-14(7-20-22)27-9-16(25)23(17)12-4-5-12/h2-3,6-7,12H,4-5,8-9H2,1H3,(H,21,24). The number of hydrogen-bond donors (Lipinski definition) is 1. The SMILES string of the molecule is Cc1ccc(NC(=O)Cn2ncc3c(c2=O)N(C2CC2)C(=O)CS3)cc1F. The van der Waals surface area contributed by atoms with Crippen molar-refractivity contribution in [3.63, 3.8) is 0 Å². The lowest BCUT2D eigenvalue weighted by Gasteiger charge is -2.28. The molecule has 2 amide bonds. The van der Waals surface area contributed by atoms with Crippen LogP contribution in [0.25, 0.3) is 0 Å². The molecule has 0 spiro atoms. The topological polar surface area (TPSA) is 84.3 Å². The first-order valence-electron chi connectivity index (χ1n) is 8.55. The van der Waals surface area contributed by atoms with E-state index in [2.05, 4.69) is 10.4 Å². The van der Waals surface area contributed by atoms with Gasteiger partial charge in [0, 0.05) is 11.7 Å². The number of fused-ring (bicyclic) bond motifs is 1. The average molecular weight is 388 g/mol. The molecule has 0 unspecified atom stereocenters. The minimum atomic E-state index is -0.499. The van der Waals surface area contributed by atoms with Gasteiger partial charge in [0.2, 0.25) is 11.8 Å². The fourth-order valence-corrected chi connectivity index (χ4v) is 3.83. The molecule has 1 aliphatic heterocycles. The number of amides is 2. The smallest absolute Gasteiger partial charge is 0.292 e. The minimum Gasteiger partial charge on any atom is -0.324 e. The third-order valence-electron chi connectivity index (χ3n) is 4.51. The molecule has 140 valence electrons. The Labute approximate surface area is 158 Å². The van der Waals surface area contributed by atoms with Gasteiger partial charge >= 0.3 is 0 Å². The van der Waals surface area contributed by atoms with Crippen LogP contribution in [-0.4, -0.2) is 33.4 Å². The Morgan fingerprint density at radius 2 is 2.15 bits per heavy atom. The van der Waals surface area contributed by atoms with Crippen LogP contribution < -0.4 is 15.8 Å². The lowest BCUT2D eigenvalue weighted by Crippen LogP contribution is -2.43. The average Bonchev–Trinajstić information content (AvgIpc) is 3.46. The van der Waals surface area contributed by atoms with Gasteiger partial charge in [0.25, 0.3) is 5.56 Å². The van der Waals surface area contributed by atoms with Crippen molar-refractivity contribution in [1.82, 2.24) is 9.78 Å². The second-order valence-corrected chi connectivity index (χ2v) is 7.63. The maximum Gasteiger partial charge on any atom is 0.292 e. The Balaban J connectivity index is 1.57. The molecule has 9 heteroatoms. The van der Waals surface area contributed by atoms with E-state index in [4.69, 9.17) is 0 Å². The predicted octanol–water partition coefficient (Wildman–Crippen LogP) is 1.93. The second-order valence-electron chi connectivity index (χ2n) is 6.62. The van der Waals surface area contributed by atoms with E-state index in [1.165, 1.54) is 24.0 Å². The molecule has 0 atom stereocenters. The number of hydrogen-bond acceptors (Lipinski definition) is 5. The molecule has 1 aromatic heterocycles. The fraction of sp³-hybridized carbons (Fsp3) is 0.333. The van der Waals surface area contributed by atoms with Crippen molar-refractivity contribution >= 4 is 35.0 Å². The first-order valence-corrected chi connectivity index (χ1v) is 9.53. The molecule has 2 aliphatic rings. The summed E-state index contributed by atoms with van der Waals surface area (Å²) in [6.45, 7) is 1.31. The van der Waals surface area contributed by atoms with Gasteiger partial charge < -0.3 is 10.2 Å². The molecule has 2 heterocycles. The zero-order valence-corrected chi connectivity index (χ0v) is 15.4. The van der Waals surface area contributed by atoms with Crippen LogP contribution in [0.4, 0.5) is 15.8 Å². The highest BCUT2D eigenvalue weighted by molar-refractivity contribution is 8.00. The van der Waals surface area contributed by atoms with Gasteiger partial charge in [-0.25, -0.2) is 9.07 Å². The van der Waals surface area contributed by atoms with Crippen molar-refractivity contribution in [1.29, 1.82) is 0 Å². The summed E-state index contributed by atoms with van der Waals surface area (Å²) in [7, 11) is 0. The van der Waals surface area contributed by atoms with E-state index in [0.717, 1.165) is 17.5 Å². The normalized spacial score (nSPS) is 16.2. The fourth-order valence-electron chi connectivity index (χ4n) is 2.96. The van der Waals surface area contributed by atoms with Gasteiger partial charge in [-0.3, -0.25) is 14.4 Å². The molecule has 0 saturated heterocycles. The molecule has 1 saturated carbocycles. The number of anilines is 2. The van der Waals surface area contributed by atoms with Crippen LogP contribution in [-0.2, 0) is 16.1 Å². The number of nitrogens with zero attached hydrogens (tertiary/aromatic N) is 3. The summed E-state index contributed by atoms with van der Waals surface area (Å²) in [5, 5.41) is 6.61. The Bertz CT molecular complexity index is 1000. The van der Waals surface area contributed by atoms with Gasteiger partial charge in [0.15, 0.2) is 0 Å². The monoisotopic (exact) mass is 388 g/mol. The Morgan fingerprint density at radius 3 is 2.85 bits per heavy atom. The van der Waals surface area contributed by atoms with E-state index < -0.39 is 17.3 Å². The molecule has 4 rings (SSSR count). The van der Waals surface area contributed by atoms with Gasteiger partial charge in [-0.05, 0) is 37.5 Å². The van der Waals surface area contributed by atoms with Crippen LogP contribution in [0.1, 0.15) is 18.4 Å². The van der Waals surface area contributed by atoms with Gasteiger partial charge in [-0.2, -0.15) is 5.10 Å². The lowest BCUT2D eigenvalue weighted by molar-refractivity contribution is -0.117. The van der Waals surface area contributed by atoms with E-state index in [0.29, 0.717) is 21.8 Å². The van der Waals surface area contributed by atoms with Crippen LogP contribution in [0.2, 0.25) is 0 Å². The zero-order chi connectivity index (χ0) is 19.1. The summed E-state index contributed by atoms with van der Waals surface area (Å²) >= 11 is 1.28. The van der Waals surface area contributed by atoms with Crippen molar-refractivity contribution in [3.8, 4) is 0 Å². The summed E-state index contributed by atoms with van der Waals surface area (Å²) in [5.74, 6) is -0.730. The Hall–Kier alpha value is -2.68. The first-order chi connectivity index (χ1) is 12.9. The maximum absolute atomic E-state index is 13.6. The van der Waals surface area contributed by atoms with E-state index in [-0.39, 0.29) is 24.2 Å². The third kappa shape index (κ3) is 3.46. The van der Waals surface area contributed by atoms with Crippen molar-refractivity contribution in [3.05, 3.63) is 46.1 Å². The number of carbonyl (C=O) groups excluding carboxylic acids is 2. The molecule has 1 N–H and O–H groups in total. The summed E-state index contributed by atoms with van der Waals surface area (Å²) in [6, 6.07) is 4.43. The summed E-state index contributed by atoms with van der Waals surface area (Å²) in [6.07, 6.45) is 3.26. The second kappa shape index (κ2) is 6.80. The summed E-state index contributed by atoms with van der Waals surface area (Å²) < 4.78 is 14.6. The van der Waals surface area contributed by atoms with Crippen molar-refractivity contribution in [2.45, 2.75) is 37.2 Å². The third-order valence-corrected chi connectivity index (χ3v) is 5.51. The molecule has 1 fully saturated rings. The van der Waals surface area contributed by atoms with Gasteiger partial charge in [0.05, 0.1) is 16.8 Å². The van der Waals surface area contributed by atoms with Crippen LogP contribution in [0.5, 0.6) is 0 Å². The highest BCUT2D eigenvalue weighted by Gasteiger charge is 2.39. The van der Waals surface area contributed by atoms with Crippen molar-refractivity contribution in [2.75, 3.05) is 16.0 Å². The van der Waals surface area contributed by atoms with Crippen LogP contribution in [0, 0.1) is 12.7 Å². The summed E-state index contributed by atoms with van der Waals surface area (Å²) in [5.41, 5.74) is 0.621. The summed E-state index contributed by atoms with van der Waals surface area (Å²) in [4.78, 5) is 39.6. The molecule has 7 nitrogen and oxygen atoms in total. The number of halogens is 1. The number of aromatic nitrogens is 2. The van der Waals surface area contributed by atoms with E-state index >= 15 is 0 Å². The Kier molecular flexibility index (Phi) is 4.47. The van der Waals surface area contributed by atoms with Gasteiger partial charge in [0.1, 0.15) is 18.0 Å². The number of aryl methyl sites for hydroxylation is 1. The minimum absolute atomic E-state index is 0.0602. The van der Waals surface area contributed by atoms with Gasteiger partial charge in [-0.15, -0.1) is 11.8 Å². The number of carbonyl (C=O) groups is 2. The maximum atomic E-state index is 13.6. The van der Waals surface area contributed by atoms with Crippen molar-refractivity contribution < 1.29 is 14.0 Å². The highest BCUT2D eigenvalue weighted by Crippen LogP contribution is 2.38. The predicted molar refractivity (Wildman–Crippen MR) is 99.5 cm³/mol. The quantitative estimate of drug-likeness (QED) is 0.865. The molecular weight excluding hydrogens is 371 g/mol.